The number of halogens is 1. The molecule has 2 aliphatic heterocycles. The first-order valence-corrected chi connectivity index (χ1v) is 12.1. The topological polar surface area (TPSA) is 108 Å². The van der Waals surface area contributed by atoms with Crippen LogP contribution in [0.5, 0.6) is 5.75 Å². The van der Waals surface area contributed by atoms with Crippen LogP contribution in [0, 0.1) is 5.82 Å². The van der Waals surface area contributed by atoms with Crippen molar-refractivity contribution < 1.29 is 24.2 Å². The van der Waals surface area contributed by atoms with Gasteiger partial charge in [0.05, 0.1) is 28.5 Å². The monoisotopic (exact) mass is 504 g/mol. The zero-order chi connectivity index (χ0) is 25.8. The highest BCUT2D eigenvalue weighted by molar-refractivity contribution is 5.95. The summed E-state index contributed by atoms with van der Waals surface area (Å²) < 4.78 is 16.9. The average Bonchev–Trinajstić information content (AvgIpc) is 2.88. The second-order valence-corrected chi connectivity index (χ2v) is 9.63. The van der Waals surface area contributed by atoms with Gasteiger partial charge >= 0.3 is 5.97 Å². The number of carboxylic acids is 1. The molecule has 0 bridgehead atoms. The van der Waals surface area contributed by atoms with Gasteiger partial charge in [-0.25, -0.2) is 14.2 Å². The van der Waals surface area contributed by atoms with E-state index in [4.69, 9.17) is 4.84 Å². The van der Waals surface area contributed by atoms with E-state index in [1.807, 2.05) is 30.0 Å². The van der Waals surface area contributed by atoms with Crippen LogP contribution in [0.4, 0.5) is 10.1 Å². The summed E-state index contributed by atoms with van der Waals surface area (Å²) in [7, 11) is 0. The third kappa shape index (κ3) is 3.84. The first kappa shape index (κ1) is 23.2. The molecule has 190 valence electrons. The molecule has 2 aromatic heterocycles. The van der Waals surface area contributed by atoms with Crippen molar-refractivity contribution in [3.8, 4) is 5.75 Å². The smallest absolute Gasteiger partial charge is 0.341 e. The summed E-state index contributed by atoms with van der Waals surface area (Å²) in [6.07, 6.45) is 1.18. The normalized spacial score (nSPS) is 17.8. The highest BCUT2D eigenvalue weighted by atomic mass is 19.1. The van der Waals surface area contributed by atoms with Crippen LogP contribution >= 0.6 is 0 Å². The Kier molecular flexibility index (Phi) is 5.49. The van der Waals surface area contributed by atoms with Crippen LogP contribution in [0.15, 0.2) is 47.4 Å². The van der Waals surface area contributed by atoms with Crippen LogP contribution in [-0.4, -0.2) is 63.6 Å². The molecule has 0 amide bonds. The van der Waals surface area contributed by atoms with E-state index in [2.05, 4.69) is 9.88 Å². The second kappa shape index (κ2) is 8.74. The lowest BCUT2D eigenvalue weighted by atomic mass is 9.93. The van der Waals surface area contributed by atoms with Crippen molar-refractivity contribution in [1.29, 1.82) is 0 Å². The molecule has 1 saturated heterocycles. The van der Waals surface area contributed by atoms with Gasteiger partial charge in [-0.2, -0.15) is 4.73 Å². The van der Waals surface area contributed by atoms with Crippen LogP contribution in [0.2, 0.25) is 0 Å². The Hall–Kier alpha value is -4.18. The van der Waals surface area contributed by atoms with Crippen molar-refractivity contribution in [1.82, 2.24) is 14.6 Å². The molecule has 0 aliphatic carbocycles. The lowest BCUT2D eigenvalue weighted by Crippen LogP contribution is -2.47. The number of hydrogen-bond donors (Lipinski definition) is 2. The molecule has 0 radical (unpaired) electrons. The molecule has 1 unspecified atom stereocenters. The number of phenols is 1. The molecule has 10 heteroatoms. The fourth-order valence-corrected chi connectivity index (χ4v) is 5.38. The molecule has 2 aliphatic rings. The van der Waals surface area contributed by atoms with Crippen molar-refractivity contribution in [2.24, 2.45) is 0 Å². The molecular weight excluding hydrogens is 479 g/mol. The number of fused-ring (bicyclic) bond motifs is 1. The number of hydrogen-bond acceptors (Lipinski definition) is 7. The number of aromatic carboxylic acids is 1. The number of rotatable bonds is 4. The minimum absolute atomic E-state index is 0.00645. The molecule has 1 atom stereocenters. The standard InChI is InChI=1S/C27H25FN4O5/c1-15-14-37-32-13-19(27(35)36)26(34)18-11-20(28)25(22(15)24(18)32)31-9-7-30(8-10-31)12-17-6-5-16-3-2-4-21(33)23(16)29-17/h2-6,11,13,15,33H,7-10,12,14H2,1H3,(H,35,36). The fourth-order valence-electron chi connectivity index (χ4n) is 5.38. The van der Waals surface area contributed by atoms with Crippen LogP contribution in [0.1, 0.15) is 34.5 Å². The lowest BCUT2D eigenvalue weighted by molar-refractivity contribution is 0.0681. The molecule has 9 nitrogen and oxygen atoms in total. The number of anilines is 1. The van der Waals surface area contributed by atoms with Gasteiger partial charge in [0.2, 0.25) is 5.43 Å². The number of benzene rings is 2. The molecule has 0 saturated carbocycles. The fraction of sp³-hybridized carbons (Fsp3) is 0.296. The molecule has 2 N–H and O–H groups in total. The highest BCUT2D eigenvalue weighted by Gasteiger charge is 2.32. The molecule has 0 spiro atoms. The SMILES string of the molecule is CC1COn2cc(C(=O)O)c(=O)c3cc(F)c(N4CCN(Cc5ccc6cccc(O)c6n5)CC4)c1c32. The Morgan fingerprint density at radius 3 is 2.73 bits per heavy atom. The zero-order valence-electron chi connectivity index (χ0n) is 20.1. The Morgan fingerprint density at radius 2 is 1.97 bits per heavy atom. The van der Waals surface area contributed by atoms with Crippen molar-refractivity contribution in [3.05, 3.63) is 75.5 Å². The molecule has 6 rings (SSSR count). The predicted molar refractivity (Wildman–Crippen MR) is 136 cm³/mol. The van der Waals surface area contributed by atoms with Gasteiger partial charge in [-0.15, -0.1) is 0 Å². The maximum atomic E-state index is 15.6. The van der Waals surface area contributed by atoms with E-state index >= 15 is 4.39 Å². The molecule has 1 fully saturated rings. The van der Waals surface area contributed by atoms with Gasteiger partial charge in [0.25, 0.3) is 0 Å². The van der Waals surface area contributed by atoms with E-state index in [9.17, 15) is 19.8 Å². The number of aromatic nitrogens is 2. The Balaban J connectivity index is 1.30. The summed E-state index contributed by atoms with van der Waals surface area (Å²) in [6, 6.07) is 10.3. The molecule has 4 heterocycles. The average molecular weight is 505 g/mol. The van der Waals surface area contributed by atoms with Crippen LogP contribution < -0.4 is 15.2 Å². The van der Waals surface area contributed by atoms with E-state index in [0.29, 0.717) is 55.0 Å². The highest BCUT2D eigenvalue weighted by Crippen LogP contribution is 2.38. The molecular formula is C27H25FN4O5. The summed E-state index contributed by atoms with van der Waals surface area (Å²) in [5, 5.41) is 20.4. The number of para-hydroxylation sites is 1. The maximum Gasteiger partial charge on any atom is 0.341 e. The van der Waals surface area contributed by atoms with Gasteiger partial charge in [0.1, 0.15) is 29.3 Å². The zero-order valence-corrected chi connectivity index (χ0v) is 20.1. The molecule has 37 heavy (non-hydrogen) atoms. The van der Waals surface area contributed by atoms with Crippen LogP contribution in [0.3, 0.4) is 0 Å². The Labute approximate surface area is 210 Å². The number of carbonyl (C=O) groups is 1. The van der Waals surface area contributed by atoms with Crippen LogP contribution in [0.25, 0.3) is 21.8 Å². The maximum absolute atomic E-state index is 15.6. The van der Waals surface area contributed by atoms with Gasteiger partial charge in [0.15, 0.2) is 0 Å². The number of piperazine rings is 1. The van der Waals surface area contributed by atoms with Gasteiger partial charge in [0, 0.05) is 49.6 Å². The van der Waals surface area contributed by atoms with Crippen molar-refractivity contribution in [3.63, 3.8) is 0 Å². The van der Waals surface area contributed by atoms with E-state index < -0.39 is 22.8 Å². The summed E-state index contributed by atoms with van der Waals surface area (Å²) in [5.74, 6) is -1.95. The Bertz CT molecular complexity index is 1630. The van der Waals surface area contributed by atoms with E-state index in [0.717, 1.165) is 17.1 Å². The minimum atomic E-state index is -1.38. The number of nitrogens with zero attached hydrogens (tertiary/aromatic N) is 4. The largest absolute Gasteiger partial charge is 0.506 e. The third-order valence-corrected chi connectivity index (χ3v) is 7.24. The van der Waals surface area contributed by atoms with Crippen molar-refractivity contribution >= 4 is 33.5 Å². The minimum Gasteiger partial charge on any atom is -0.506 e. The first-order valence-electron chi connectivity index (χ1n) is 12.1. The number of phenolic OH excluding ortho intramolecular Hbond substituents is 1. The molecule has 2 aromatic carbocycles. The second-order valence-electron chi connectivity index (χ2n) is 9.63. The first-order chi connectivity index (χ1) is 17.8. The number of carboxylic acid groups (broad SMARTS) is 1. The van der Waals surface area contributed by atoms with Crippen molar-refractivity contribution in [2.75, 3.05) is 37.7 Å². The summed E-state index contributed by atoms with van der Waals surface area (Å²) in [5.41, 5.74) is 1.77. The molecule has 4 aromatic rings. The van der Waals surface area contributed by atoms with Crippen molar-refractivity contribution in [2.45, 2.75) is 19.4 Å². The van der Waals surface area contributed by atoms with Gasteiger partial charge < -0.3 is 20.0 Å². The predicted octanol–water partition coefficient (Wildman–Crippen LogP) is 2.96. The van der Waals surface area contributed by atoms with Gasteiger partial charge in [-0.1, -0.05) is 25.1 Å². The van der Waals surface area contributed by atoms with Gasteiger partial charge in [-0.3, -0.25) is 9.69 Å². The van der Waals surface area contributed by atoms with Gasteiger partial charge in [-0.05, 0) is 18.2 Å². The van der Waals surface area contributed by atoms with E-state index in [1.54, 1.807) is 12.1 Å². The summed E-state index contributed by atoms with van der Waals surface area (Å²) >= 11 is 0. The summed E-state index contributed by atoms with van der Waals surface area (Å²) in [6.45, 7) is 5.24. The third-order valence-electron chi connectivity index (χ3n) is 7.24. The van der Waals surface area contributed by atoms with E-state index in [-0.39, 0.29) is 23.7 Å². The Morgan fingerprint density at radius 1 is 1.19 bits per heavy atom. The number of pyridine rings is 2. The quantitative estimate of drug-likeness (QED) is 0.437. The summed E-state index contributed by atoms with van der Waals surface area (Å²) in [4.78, 5) is 38.9. The number of aromatic hydroxyl groups is 1. The van der Waals surface area contributed by atoms with E-state index in [1.165, 1.54) is 10.9 Å². The van der Waals surface area contributed by atoms with Crippen LogP contribution in [-0.2, 0) is 6.54 Å². The lowest BCUT2D eigenvalue weighted by Gasteiger charge is -2.38.